The fourth-order valence-electron chi connectivity index (χ4n) is 3.65. The van der Waals surface area contributed by atoms with Gasteiger partial charge >= 0.3 is 0 Å². The molecule has 2 heterocycles. The molecule has 1 aromatic rings. The maximum absolute atomic E-state index is 12.7. The summed E-state index contributed by atoms with van der Waals surface area (Å²) in [6.45, 7) is 9.11. The predicted molar refractivity (Wildman–Crippen MR) is 99.2 cm³/mol. The van der Waals surface area contributed by atoms with Gasteiger partial charge in [-0.3, -0.25) is 14.5 Å². The lowest BCUT2D eigenvalue weighted by Gasteiger charge is -2.26. The first-order chi connectivity index (χ1) is 12.6. The summed E-state index contributed by atoms with van der Waals surface area (Å²) < 4.78 is 10.9. The van der Waals surface area contributed by atoms with E-state index < -0.39 is 0 Å². The van der Waals surface area contributed by atoms with Crippen molar-refractivity contribution in [2.75, 3.05) is 33.0 Å². The molecule has 6 nitrogen and oxygen atoms in total. The zero-order valence-corrected chi connectivity index (χ0v) is 16.1. The van der Waals surface area contributed by atoms with Crippen molar-refractivity contribution >= 4 is 5.91 Å². The smallest absolute Gasteiger partial charge is 0.260 e. The average Bonchev–Trinajstić information content (AvgIpc) is 3.24. The summed E-state index contributed by atoms with van der Waals surface area (Å²) in [7, 11) is 0. The lowest BCUT2D eigenvalue weighted by Crippen LogP contribution is -2.42. The molecule has 0 N–H and O–H groups in total. The number of carbonyl (C=O) groups excluding carboxylic acids is 1. The van der Waals surface area contributed by atoms with Gasteiger partial charge in [-0.25, -0.2) is 5.06 Å². The van der Waals surface area contributed by atoms with Gasteiger partial charge in [0, 0.05) is 19.1 Å². The third-order valence-electron chi connectivity index (χ3n) is 5.07. The molecule has 1 amide bonds. The van der Waals surface area contributed by atoms with Gasteiger partial charge in [0.15, 0.2) is 11.5 Å². The molecule has 1 fully saturated rings. The number of hydrogen-bond donors (Lipinski definition) is 0. The Balaban J connectivity index is 1.60. The molecular formula is C20H30N2O4. The van der Waals surface area contributed by atoms with Crippen LogP contribution in [-0.4, -0.2) is 54.9 Å². The Kier molecular flexibility index (Phi) is 6.38. The van der Waals surface area contributed by atoms with E-state index in [-0.39, 0.29) is 5.91 Å². The standard InChI is InChI=1S/C20H30N2O4/c1-4-8-22(26-9-5-2)20(23)13-21-12-17(10-15(21)3)16-6-7-18-19(11-16)25-14-24-18/h6-7,11,15,17H,4-5,8-10,12-14H2,1-3H3/t15?,17-/m1/s1. The largest absolute Gasteiger partial charge is 0.454 e. The molecule has 1 saturated heterocycles. The summed E-state index contributed by atoms with van der Waals surface area (Å²) in [4.78, 5) is 20.5. The maximum Gasteiger partial charge on any atom is 0.260 e. The molecule has 0 aromatic heterocycles. The van der Waals surface area contributed by atoms with Crippen LogP contribution in [-0.2, 0) is 9.63 Å². The van der Waals surface area contributed by atoms with E-state index in [4.69, 9.17) is 14.3 Å². The number of hydroxylamine groups is 2. The van der Waals surface area contributed by atoms with Gasteiger partial charge in [0.1, 0.15) is 0 Å². The van der Waals surface area contributed by atoms with Crippen molar-refractivity contribution in [1.82, 2.24) is 9.96 Å². The molecule has 144 valence electrons. The van der Waals surface area contributed by atoms with Crippen LogP contribution >= 0.6 is 0 Å². The maximum atomic E-state index is 12.7. The molecule has 0 saturated carbocycles. The monoisotopic (exact) mass is 362 g/mol. The fourth-order valence-corrected chi connectivity index (χ4v) is 3.65. The fraction of sp³-hybridized carbons (Fsp3) is 0.650. The van der Waals surface area contributed by atoms with Crippen LogP contribution in [0, 0.1) is 0 Å². The topological polar surface area (TPSA) is 51.2 Å². The molecule has 2 aliphatic heterocycles. The Hall–Kier alpha value is -1.79. The zero-order chi connectivity index (χ0) is 18.5. The normalized spacial score (nSPS) is 22.0. The van der Waals surface area contributed by atoms with Gasteiger partial charge < -0.3 is 9.47 Å². The van der Waals surface area contributed by atoms with Crippen molar-refractivity contribution in [3.63, 3.8) is 0 Å². The van der Waals surface area contributed by atoms with Gasteiger partial charge in [-0.05, 0) is 49.8 Å². The van der Waals surface area contributed by atoms with Crippen molar-refractivity contribution in [1.29, 1.82) is 0 Å². The third kappa shape index (κ3) is 4.30. The van der Waals surface area contributed by atoms with Gasteiger partial charge in [0.25, 0.3) is 5.91 Å². The minimum atomic E-state index is 0.0542. The molecule has 6 heteroatoms. The number of amides is 1. The number of ether oxygens (including phenoxy) is 2. The van der Waals surface area contributed by atoms with Crippen LogP contribution < -0.4 is 9.47 Å². The van der Waals surface area contributed by atoms with E-state index in [0.29, 0.717) is 38.4 Å². The van der Waals surface area contributed by atoms with Crippen LogP contribution in [0.5, 0.6) is 11.5 Å². The molecule has 1 unspecified atom stereocenters. The Morgan fingerprint density at radius 3 is 2.85 bits per heavy atom. The van der Waals surface area contributed by atoms with E-state index in [9.17, 15) is 4.79 Å². The molecule has 26 heavy (non-hydrogen) atoms. The molecule has 0 aliphatic carbocycles. The number of hydrogen-bond acceptors (Lipinski definition) is 5. The van der Waals surface area contributed by atoms with Gasteiger partial charge in [-0.1, -0.05) is 19.9 Å². The van der Waals surface area contributed by atoms with Crippen molar-refractivity contribution < 1.29 is 19.1 Å². The summed E-state index contributed by atoms with van der Waals surface area (Å²) in [6, 6.07) is 6.55. The van der Waals surface area contributed by atoms with Crippen LogP contribution in [0.3, 0.4) is 0 Å². The van der Waals surface area contributed by atoms with Gasteiger partial charge in [-0.15, -0.1) is 0 Å². The lowest BCUT2D eigenvalue weighted by molar-refractivity contribution is -0.187. The highest BCUT2D eigenvalue weighted by Crippen LogP contribution is 2.38. The molecule has 1 aromatic carbocycles. The average molecular weight is 362 g/mol. The highest BCUT2D eigenvalue weighted by molar-refractivity contribution is 5.77. The quantitative estimate of drug-likeness (QED) is 0.665. The number of likely N-dealkylation sites (tertiary alicyclic amines) is 1. The summed E-state index contributed by atoms with van der Waals surface area (Å²) in [6.07, 6.45) is 2.83. The molecule has 3 rings (SSSR count). The van der Waals surface area contributed by atoms with Crippen LogP contribution in [0.25, 0.3) is 0 Å². The summed E-state index contributed by atoms with van der Waals surface area (Å²) in [5, 5.41) is 1.55. The Morgan fingerprint density at radius 1 is 1.27 bits per heavy atom. The van der Waals surface area contributed by atoms with E-state index in [2.05, 4.69) is 30.9 Å². The Labute approximate surface area is 156 Å². The number of carbonyl (C=O) groups is 1. The van der Waals surface area contributed by atoms with Crippen molar-refractivity contribution in [2.24, 2.45) is 0 Å². The molecule has 0 spiro atoms. The number of fused-ring (bicyclic) bond motifs is 1. The SMILES string of the molecule is CCCON(CCC)C(=O)CN1C[C@H](c2ccc3c(c2)OCO3)CC1C. The van der Waals surface area contributed by atoms with E-state index in [0.717, 1.165) is 37.3 Å². The van der Waals surface area contributed by atoms with Gasteiger partial charge in [0.2, 0.25) is 6.79 Å². The first kappa shape index (κ1) is 19.0. The summed E-state index contributed by atoms with van der Waals surface area (Å²) >= 11 is 0. The van der Waals surface area contributed by atoms with Crippen LogP contribution in [0.2, 0.25) is 0 Å². The van der Waals surface area contributed by atoms with E-state index >= 15 is 0 Å². The van der Waals surface area contributed by atoms with E-state index in [1.807, 2.05) is 13.0 Å². The molecule has 2 aliphatic rings. The van der Waals surface area contributed by atoms with Crippen LogP contribution in [0.1, 0.15) is 51.5 Å². The van der Waals surface area contributed by atoms with Gasteiger partial charge in [-0.2, -0.15) is 0 Å². The van der Waals surface area contributed by atoms with Crippen molar-refractivity contribution in [3.05, 3.63) is 23.8 Å². The number of benzene rings is 1. The first-order valence-electron chi connectivity index (χ1n) is 9.69. The molecule has 2 atom stereocenters. The first-order valence-corrected chi connectivity index (χ1v) is 9.69. The number of nitrogens with zero attached hydrogens (tertiary/aromatic N) is 2. The Morgan fingerprint density at radius 2 is 2.08 bits per heavy atom. The van der Waals surface area contributed by atoms with E-state index in [1.165, 1.54) is 5.56 Å². The van der Waals surface area contributed by atoms with E-state index in [1.54, 1.807) is 5.06 Å². The predicted octanol–water partition coefficient (Wildman–Crippen LogP) is 3.17. The molecule has 0 radical (unpaired) electrons. The Bertz CT molecular complexity index is 622. The van der Waals surface area contributed by atoms with Crippen molar-refractivity contribution in [2.45, 2.75) is 52.0 Å². The highest BCUT2D eigenvalue weighted by Gasteiger charge is 2.33. The van der Waals surface area contributed by atoms with Crippen LogP contribution in [0.4, 0.5) is 0 Å². The molecule has 0 bridgehead atoms. The van der Waals surface area contributed by atoms with Crippen molar-refractivity contribution in [3.8, 4) is 11.5 Å². The zero-order valence-electron chi connectivity index (χ0n) is 16.1. The van der Waals surface area contributed by atoms with Gasteiger partial charge in [0.05, 0.1) is 13.2 Å². The summed E-state index contributed by atoms with van der Waals surface area (Å²) in [5.74, 6) is 2.10. The number of rotatable bonds is 8. The second-order valence-corrected chi connectivity index (χ2v) is 7.15. The summed E-state index contributed by atoms with van der Waals surface area (Å²) in [5.41, 5.74) is 1.25. The van der Waals surface area contributed by atoms with Crippen LogP contribution in [0.15, 0.2) is 18.2 Å². The second kappa shape index (κ2) is 8.73. The second-order valence-electron chi connectivity index (χ2n) is 7.15. The molecular weight excluding hydrogens is 332 g/mol. The minimum absolute atomic E-state index is 0.0542. The third-order valence-corrected chi connectivity index (χ3v) is 5.07. The minimum Gasteiger partial charge on any atom is -0.454 e. The highest BCUT2D eigenvalue weighted by atomic mass is 16.7. The lowest BCUT2D eigenvalue weighted by atomic mass is 9.96.